The maximum atomic E-state index is 11.8. The lowest BCUT2D eigenvalue weighted by atomic mass is 10.2. The predicted molar refractivity (Wildman–Crippen MR) is 76.8 cm³/mol. The number of hydrogen-bond acceptors (Lipinski definition) is 4. The van der Waals surface area contributed by atoms with Gasteiger partial charge in [-0.25, -0.2) is 0 Å². The molecule has 1 aliphatic heterocycles. The zero-order chi connectivity index (χ0) is 14.4. The molecule has 0 spiro atoms. The number of rotatable bonds is 7. The van der Waals surface area contributed by atoms with E-state index < -0.39 is 0 Å². The molecule has 1 heterocycles. The molecule has 0 atom stereocenters. The van der Waals surface area contributed by atoms with E-state index in [-0.39, 0.29) is 12.7 Å². The molecule has 1 amide bonds. The molecule has 0 radical (unpaired) electrons. The summed E-state index contributed by atoms with van der Waals surface area (Å²) in [4.78, 5) is 14.0. The first-order chi connectivity index (χ1) is 9.72. The number of benzene rings is 1. The third-order valence-corrected chi connectivity index (χ3v) is 3.48. The first kappa shape index (κ1) is 14.7. The smallest absolute Gasteiger partial charge is 0.231 e. The summed E-state index contributed by atoms with van der Waals surface area (Å²) in [6.07, 6.45) is 0.534. The van der Waals surface area contributed by atoms with Crippen LogP contribution >= 0.6 is 0 Å². The number of amides is 1. The van der Waals surface area contributed by atoms with Crippen molar-refractivity contribution < 1.29 is 14.3 Å². The van der Waals surface area contributed by atoms with Crippen LogP contribution in [0.15, 0.2) is 18.2 Å². The Kier molecular flexibility index (Phi) is 5.24. The summed E-state index contributed by atoms with van der Waals surface area (Å²) < 4.78 is 10.6. The van der Waals surface area contributed by atoms with Gasteiger partial charge in [-0.15, -0.1) is 0 Å². The van der Waals surface area contributed by atoms with Crippen LogP contribution in [-0.2, 0) is 11.3 Å². The third kappa shape index (κ3) is 3.87. The van der Waals surface area contributed by atoms with Gasteiger partial charge in [0, 0.05) is 19.5 Å². The maximum Gasteiger partial charge on any atom is 0.231 e. The second-order valence-corrected chi connectivity index (χ2v) is 4.74. The minimum absolute atomic E-state index is 0.0783. The zero-order valence-electron chi connectivity index (χ0n) is 12.1. The van der Waals surface area contributed by atoms with E-state index in [0.717, 1.165) is 36.7 Å². The molecule has 0 aliphatic carbocycles. The lowest BCUT2D eigenvalue weighted by molar-refractivity contribution is -0.121. The molecular formula is C15H22N2O3. The Morgan fingerprint density at radius 2 is 2.00 bits per heavy atom. The van der Waals surface area contributed by atoms with Gasteiger partial charge >= 0.3 is 0 Å². The number of fused-ring (bicyclic) bond motifs is 1. The van der Waals surface area contributed by atoms with Crippen LogP contribution in [0.1, 0.15) is 25.8 Å². The van der Waals surface area contributed by atoms with Gasteiger partial charge in [-0.05, 0) is 30.8 Å². The van der Waals surface area contributed by atoms with Crippen LogP contribution in [0.5, 0.6) is 11.5 Å². The molecule has 0 saturated carbocycles. The second-order valence-electron chi connectivity index (χ2n) is 4.74. The first-order valence-corrected chi connectivity index (χ1v) is 7.10. The minimum Gasteiger partial charge on any atom is -0.454 e. The Balaban J connectivity index is 1.76. The third-order valence-electron chi connectivity index (χ3n) is 3.48. The monoisotopic (exact) mass is 278 g/mol. The van der Waals surface area contributed by atoms with Crippen molar-refractivity contribution in [3.05, 3.63) is 23.8 Å². The Labute approximate surface area is 119 Å². The number of nitrogens with zero attached hydrogens (tertiary/aromatic N) is 1. The fraction of sp³-hybridized carbons (Fsp3) is 0.533. The Morgan fingerprint density at radius 3 is 2.75 bits per heavy atom. The van der Waals surface area contributed by atoms with E-state index in [4.69, 9.17) is 9.47 Å². The molecule has 1 aromatic rings. The topological polar surface area (TPSA) is 50.8 Å². The van der Waals surface area contributed by atoms with Gasteiger partial charge in [0.25, 0.3) is 0 Å². The average Bonchev–Trinajstić information content (AvgIpc) is 2.93. The van der Waals surface area contributed by atoms with Crippen molar-refractivity contribution in [2.45, 2.75) is 26.8 Å². The van der Waals surface area contributed by atoms with Crippen LogP contribution in [0.25, 0.3) is 0 Å². The molecule has 110 valence electrons. The van der Waals surface area contributed by atoms with Crippen molar-refractivity contribution >= 4 is 5.91 Å². The average molecular weight is 278 g/mol. The highest BCUT2D eigenvalue weighted by Crippen LogP contribution is 2.32. The summed E-state index contributed by atoms with van der Waals surface area (Å²) in [6.45, 7) is 7.77. The number of hydrogen-bond donors (Lipinski definition) is 1. The first-order valence-electron chi connectivity index (χ1n) is 7.10. The van der Waals surface area contributed by atoms with Crippen LogP contribution in [-0.4, -0.2) is 37.2 Å². The second kappa shape index (κ2) is 7.14. The van der Waals surface area contributed by atoms with Crippen molar-refractivity contribution in [2.24, 2.45) is 0 Å². The van der Waals surface area contributed by atoms with E-state index >= 15 is 0 Å². The molecule has 1 aliphatic rings. The molecular weight excluding hydrogens is 256 g/mol. The SMILES string of the molecule is CCN(CC)CCC(=O)NCc1ccc2c(c1)OCO2. The highest BCUT2D eigenvalue weighted by molar-refractivity contribution is 5.76. The predicted octanol–water partition coefficient (Wildman–Crippen LogP) is 1.76. The van der Waals surface area contributed by atoms with Gasteiger partial charge in [-0.1, -0.05) is 19.9 Å². The van der Waals surface area contributed by atoms with E-state index in [9.17, 15) is 4.79 Å². The largest absolute Gasteiger partial charge is 0.454 e. The van der Waals surface area contributed by atoms with E-state index in [1.165, 1.54) is 0 Å². The van der Waals surface area contributed by atoms with Gasteiger partial charge in [0.1, 0.15) is 0 Å². The van der Waals surface area contributed by atoms with Crippen LogP contribution in [0.4, 0.5) is 0 Å². The molecule has 1 N–H and O–H groups in total. The van der Waals surface area contributed by atoms with Crippen molar-refractivity contribution in [2.75, 3.05) is 26.4 Å². The summed E-state index contributed by atoms with van der Waals surface area (Å²) in [6, 6.07) is 5.73. The number of ether oxygens (including phenoxy) is 2. The van der Waals surface area contributed by atoms with Gasteiger partial charge in [0.15, 0.2) is 11.5 Å². The molecule has 20 heavy (non-hydrogen) atoms. The van der Waals surface area contributed by atoms with Gasteiger partial charge in [-0.3, -0.25) is 4.79 Å². The molecule has 2 rings (SSSR count). The molecule has 5 heteroatoms. The van der Waals surface area contributed by atoms with Gasteiger partial charge in [0.05, 0.1) is 0 Å². The normalized spacial score (nSPS) is 12.8. The van der Waals surface area contributed by atoms with Crippen LogP contribution < -0.4 is 14.8 Å². The number of carbonyl (C=O) groups excluding carboxylic acids is 1. The van der Waals surface area contributed by atoms with E-state index in [1.807, 2.05) is 18.2 Å². The molecule has 0 unspecified atom stereocenters. The Hall–Kier alpha value is -1.75. The molecule has 0 saturated heterocycles. The summed E-state index contributed by atoms with van der Waals surface area (Å²) in [5.74, 6) is 1.59. The Morgan fingerprint density at radius 1 is 1.25 bits per heavy atom. The highest BCUT2D eigenvalue weighted by atomic mass is 16.7. The number of nitrogens with one attached hydrogen (secondary N) is 1. The van der Waals surface area contributed by atoms with Crippen molar-refractivity contribution in [1.82, 2.24) is 10.2 Å². The zero-order valence-corrected chi connectivity index (χ0v) is 12.1. The minimum atomic E-state index is 0.0783. The van der Waals surface area contributed by atoms with Gasteiger partial charge in [-0.2, -0.15) is 0 Å². The maximum absolute atomic E-state index is 11.8. The summed E-state index contributed by atoms with van der Waals surface area (Å²) in [5.41, 5.74) is 1.02. The molecule has 0 aromatic heterocycles. The fourth-order valence-corrected chi connectivity index (χ4v) is 2.14. The summed E-state index contributed by atoms with van der Waals surface area (Å²) >= 11 is 0. The lowest BCUT2D eigenvalue weighted by Crippen LogP contribution is -2.30. The standard InChI is InChI=1S/C15H22N2O3/c1-3-17(4-2)8-7-15(18)16-10-12-5-6-13-14(9-12)20-11-19-13/h5-6,9H,3-4,7-8,10-11H2,1-2H3,(H,16,18). The summed E-state index contributed by atoms with van der Waals surface area (Å²) in [5, 5.41) is 2.93. The molecule has 0 fully saturated rings. The van der Waals surface area contributed by atoms with Crippen molar-refractivity contribution in [3.63, 3.8) is 0 Å². The molecule has 1 aromatic carbocycles. The van der Waals surface area contributed by atoms with Crippen LogP contribution in [0, 0.1) is 0 Å². The number of carbonyl (C=O) groups is 1. The van der Waals surface area contributed by atoms with Crippen molar-refractivity contribution in [3.8, 4) is 11.5 Å². The van der Waals surface area contributed by atoms with E-state index in [1.54, 1.807) is 0 Å². The highest BCUT2D eigenvalue weighted by Gasteiger charge is 2.13. The van der Waals surface area contributed by atoms with Crippen molar-refractivity contribution in [1.29, 1.82) is 0 Å². The van der Waals surface area contributed by atoms with Gasteiger partial charge in [0.2, 0.25) is 12.7 Å². The van der Waals surface area contributed by atoms with E-state index in [2.05, 4.69) is 24.1 Å². The molecule has 0 bridgehead atoms. The van der Waals surface area contributed by atoms with E-state index in [0.29, 0.717) is 13.0 Å². The summed E-state index contributed by atoms with van der Waals surface area (Å²) in [7, 11) is 0. The quantitative estimate of drug-likeness (QED) is 0.826. The lowest BCUT2D eigenvalue weighted by Gasteiger charge is -2.17. The van der Waals surface area contributed by atoms with Gasteiger partial charge < -0.3 is 19.7 Å². The fourth-order valence-electron chi connectivity index (χ4n) is 2.14. The molecule has 5 nitrogen and oxygen atoms in total. The van der Waals surface area contributed by atoms with Crippen LogP contribution in [0.3, 0.4) is 0 Å². The van der Waals surface area contributed by atoms with Crippen LogP contribution in [0.2, 0.25) is 0 Å². The Bertz CT molecular complexity index is 458.